The van der Waals surface area contributed by atoms with Gasteiger partial charge < -0.3 is 10.1 Å². The number of ether oxygens (including phenoxy) is 1. The largest absolute Gasteiger partial charge is 0.391 e. The highest BCUT2D eigenvalue weighted by Crippen LogP contribution is 2.24. The van der Waals surface area contributed by atoms with E-state index in [1.807, 2.05) is 0 Å². The van der Waals surface area contributed by atoms with Gasteiger partial charge in [-0.15, -0.1) is 0 Å². The minimum Gasteiger partial charge on any atom is -0.391 e. The zero-order chi connectivity index (χ0) is 6.74. The molecule has 1 saturated heterocycles. The number of hydrogen-bond donors (Lipinski definition) is 1. The molecule has 2 nitrogen and oxygen atoms in total. The van der Waals surface area contributed by atoms with Crippen LogP contribution in [-0.2, 0) is 4.74 Å². The Morgan fingerprint density at radius 3 is 2.78 bits per heavy atom. The van der Waals surface area contributed by atoms with Gasteiger partial charge in [-0.05, 0) is 6.20 Å². The lowest BCUT2D eigenvalue weighted by molar-refractivity contribution is -0.0976. The van der Waals surface area contributed by atoms with Crippen molar-refractivity contribution in [2.75, 3.05) is 19.8 Å². The first kappa shape index (κ1) is 6.62. The van der Waals surface area contributed by atoms with E-state index in [1.54, 1.807) is 6.20 Å². The summed E-state index contributed by atoms with van der Waals surface area (Å²) in [4.78, 5) is 0. The molecular formula is C7H13NO. The lowest BCUT2D eigenvalue weighted by atomic mass is 9.89. The van der Waals surface area contributed by atoms with E-state index < -0.39 is 0 Å². The molecule has 0 saturated carbocycles. The fourth-order valence-electron chi connectivity index (χ4n) is 0.871. The van der Waals surface area contributed by atoms with Crippen LogP contribution in [0.25, 0.3) is 0 Å². The molecule has 52 valence electrons. The molecular weight excluding hydrogens is 114 g/mol. The van der Waals surface area contributed by atoms with Gasteiger partial charge in [-0.3, -0.25) is 0 Å². The van der Waals surface area contributed by atoms with Gasteiger partial charge in [0, 0.05) is 12.0 Å². The Morgan fingerprint density at radius 2 is 2.44 bits per heavy atom. The van der Waals surface area contributed by atoms with Gasteiger partial charge in [-0.1, -0.05) is 13.5 Å². The van der Waals surface area contributed by atoms with Crippen molar-refractivity contribution >= 4 is 0 Å². The van der Waals surface area contributed by atoms with Crippen LogP contribution < -0.4 is 5.32 Å². The lowest BCUT2D eigenvalue weighted by Gasteiger charge is -2.37. The van der Waals surface area contributed by atoms with Crippen molar-refractivity contribution in [2.45, 2.75) is 6.92 Å². The second kappa shape index (κ2) is 2.40. The van der Waals surface area contributed by atoms with Crippen LogP contribution in [0.3, 0.4) is 0 Å². The molecule has 0 radical (unpaired) electrons. The Bertz CT molecular complexity index is 107. The predicted octanol–water partition coefficient (Wildman–Crippen LogP) is 0.756. The third kappa shape index (κ3) is 1.45. The van der Waals surface area contributed by atoms with Crippen LogP contribution in [-0.4, -0.2) is 19.8 Å². The predicted molar refractivity (Wildman–Crippen MR) is 37.1 cm³/mol. The average Bonchev–Trinajstić information content (AvgIpc) is 1.79. The van der Waals surface area contributed by atoms with Crippen LogP contribution >= 0.6 is 0 Å². The SMILES string of the molecule is C=CNCC1(C)COC1. The summed E-state index contributed by atoms with van der Waals surface area (Å²) in [5, 5.41) is 3.07. The zero-order valence-corrected chi connectivity index (χ0v) is 5.81. The van der Waals surface area contributed by atoms with Crippen molar-refractivity contribution in [3.63, 3.8) is 0 Å². The van der Waals surface area contributed by atoms with E-state index in [0.29, 0.717) is 5.41 Å². The average molecular weight is 127 g/mol. The van der Waals surface area contributed by atoms with Gasteiger partial charge in [-0.2, -0.15) is 0 Å². The molecule has 1 rings (SSSR count). The molecule has 1 N–H and O–H groups in total. The minimum absolute atomic E-state index is 0.369. The van der Waals surface area contributed by atoms with Crippen molar-refractivity contribution in [3.05, 3.63) is 12.8 Å². The second-order valence-corrected chi connectivity index (χ2v) is 2.89. The fourth-order valence-corrected chi connectivity index (χ4v) is 0.871. The van der Waals surface area contributed by atoms with Crippen molar-refractivity contribution in [1.82, 2.24) is 5.32 Å². The first-order valence-electron chi connectivity index (χ1n) is 3.19. The van der Waals surface area contributed by atoms with E-state index in [-0.39, 0.29) is 0 Å². The van der Waals surface area contributed by atoms with Gasteiger partial charge in [-0.25, -0.2) is 0 Å². The molecule has 2 heteroatoms. The monoisotopic (exact) mass is 127 g/mol. The Balaban J connectivity index is 2.16. The van der Waals surface area contributed by atoms with E-state index in [0.717, 1.165) is 19.8 Å². The number of rotatable bonds is 3. The van der Waals surface area contributed by atoms with E-state index >= 15 is 0 Å². The van der Waals surface area contributed by atoms with E-state index in [9.17, 15) is 0 Å². The summed E-state index contributed by atoms with van der Waals surface area (Å²) in [5.74, 6) is 0. The van der Waals surface area contributed by atoms with Gasteiger partial charge in [0.15, 0.2) is 0 Å². The Kier molecular flexibility index (Phi) is 1.76. The number of hydrogen-bond acceptors (Lipinski definition) is 2. The van der Waals surface area contributed by atoms with Crippen LogP contribution in [0.15, 0.2) is 12.8 Å². The first-order valence-corrected chi connectivity index (χ1v) is 3.19. The molecule has 0 aliphatic carbocycles. The van der Waals surface area contributed by atoms with Crippen LogP contribution in [0.2, 0.25) is 0 Å². The summed E-state index contributed by atoms with van der Waals surface area (Å²) in [5.41, 5.74) is 0.369. The molecule has 0 bridgehead atoms. The third-order valence-corrected chi connectivity index (χ3v) is 1.57. The quantitative estimate of drug-likeness (QED) is 0.604. The normalized spacial score (nSPS) is 22.3. The molecule has 1 aliphatic rings. The highest BCUT2D eigenvalue weighted by molar-refractivity contribution is 4.84. The summed E-state index contributed by atoms with van der Waals surface area (Å²) in [6.07, 6.45) is 1.73. The van der Waals surface area contributed by atoms with Crippen LogP contribution in [0.5, 0.6) is 0 Å². The Hall–Kier alpha value is -0.500. The Morgan fingerprint density at radius 1 is 1.78 bits per heavy atom. The van der Waals surface area contributed by atoms with Gasteiger partial charge in [0.25, 0.3) is 0 Å². The summed E-state index contributed by atoms with van der Waals surface area (Å²) in [6.45, 7) is 8.52. The molecule has 0 amide bonds. The molecule has 0 aromatic carbocycles. The second-order valence-electron chi connectivity index (χ2n) is 2.89. The van der Waals surface area contributed by atoms with E-state index in [4.69, 9.17) is 4.74 Å². The van der Waals surface area contributed by atoms with Gasteiger partial charge in [0.1, 0.15) is 0 Å². The van der Waals surface area contributed by atoms with Crippen molar-refractivity contribution in [1.29, 1.82) is 0 Å². The maximum absolute atomic E-state index is 5.06. The summed E-state index contributed by atoms with van der Waals surface area (Å²) < 4.78 is 5.06. The van der Waals surface area contributed by atoms with E-state index in [1.165, 1.54) is 0 Å². The molecule has 9 heavy (non-hydrogen) atoms. The van der Waals surface area contributed by atoms with Crippen molar-refractivity contribution in [3.8, 4) is 0 Å². The Labute approximate surface area is 55.9 Å². The first-order chi connectivity index (χ1) is 4.27. The summed E-state index contributed by atoms with van der Waals surface area (Å²) in [6, 6.07) is 0. The standard InChI is InChI=1S/C7H13NO/c1-3-8-4-7(2)5-9-6-7/h3,8H,1,4-6H2,2H3. The summed E-state index contributed by atoms with van der Waals surface area (Å²) >= 11 is 0. The van der Waals surface area contributed by atoms with Gasteiger partial charge in [0.05, 0.1) is 13.2 Å². The minimum atomic E-state index is 0.369. The molecule has 0 spiro atoms. The van der Waals surface area contributed by atoms with Crippen LogP contribution in [0.4, 0.5) is 0 Å². The molecule has 1 aliphatic heterocycles. The smallest absolute Gasteiger partial charge is 0.0559 e. The molecule has 1 fully saturated rings. The van der Waals surface area contributed by atoms with E-state index in [2.05, 4.69) is 18.8 Å². The van der Waals surface area contributed by atoms with Crippen molar-refractivity contribution in [2.24, 2.45) is 5.41 Å². The van der Waals surface area contributed by atoms with Crippen molar-refractivity contribution < 1.29 is 4.74 Å². The highest BCUT2D eigenvalue weighted by atomic mass is 16.5. The van der Waals surface area contributed by atoms with Crippen LogP contribution in [0, 0.1) is 5.41 Å². The maximum atomic E-state index is 5.06. The molecule has 0 unspecified atom stereocenters. The maximum Gasteiger partial charge on any atom is 0.0559 e. The van der Waals surface area contributed by atoms with Gasteiger partial charge >= 0.3 is 0 Å². The van der Waals surface area contributed by atoms with Gasteiger partial charge in [0.2, 0.25) is 0 Å². The van der Waals surface area contributed by atoms with Crippen LogP contribution in [0.1, 0.15) is 6.92 Å². The zero-order valence-electron chi connectivity index (χ0n) is 5.81. The highest BCUT2D eigenvalue weighted by Gasteiger charge is 2.32. The molecule has 1 heterocycles. The topological polar surface area (TPSA) is 21.3 Å². The third-order valence-electron chi connectivity index (χ3n) is 1.57. The summed E-state index contributed by atoms with van der Waals surface area (Å²) in [7, 11) is 0. The number of nitrogens with one attached hydrogen (secondary N) is 1. The molecule has 0 aromatic rings. The fraction of sp³-hybridized carbons (Fsp3) is 0.714. The lowest BCUT2D eigenvalue weighted by Crippen LogP contribution is -2.46. The molecule has 0 atom stereocenters. The molecule has 0 aromatic heterocycles.